The second-order valence-corrected chi connectivity index (χ2v) is 8.20. The van der Waals surface area contributed by atoms with Gasteiger partial charge in [0.15, 0.2) is 11.5 Å². The Balaban J connectivity index is 1.77. The number of rotatable bonds is 5. The average Bonchev–Trinajstić information content (AvgIpc) is 3.22. The molecule has 1 aliphatic rings. The second-order valence-electron chi connectivity index (χ2n) is 8.20. The zero-order chi connectivity index (χ0) is 19.8. The van der Waals surface area contributed by atoms with Crippen molar-refractivity contribution in [1.82, 2.24) is 20.0 Å². The molecule has 0 saturated carbocycles. The minimum Gasteiger partial charge on any atom is -0.454 e. The van der Waals surface area contributed by atoms with Gasteiger partial charge < -0.3 is 14.4 Å². The van der Waals surface area contributed by atoms with E-state index in [0.717, 1.165) is 17.0 Å². The first-order valence-electron chi connectivity index (χ1n) is 9.02. The van der Waals surface area contributed by atoms with Crippen molar-refractivity contribution in [2.24, 2.45) is 0 Å². The van der Waals surface area contributed by atoms with Crippen molar-refractivity contribution in [3.63, 3.8) is 0 Å². The number of nitrogens with one attached hydrogen (secondary N) is 1. The topological polar surface area (TPSA) is 70.7 Å². The summed E-state index contributed by atoms with van der Waals surface area (Å²) in [6.45, 7) is 7.03. The van der Waals surface area contributed by atoms with Gasteiger partial charge in [-0.15, -0.1) is 0 Å². The Bertz CT molecular complexity index is 823. The maximum atomic E-state index is 13.2. The number of likely N-dealkylation sites (N-methyl/N-ethyl adjacent to an activating group) is 2. The molecular weight excluding hydrogens is 344 g/mol. The van der Waals surface area contributed by atoms with E-state index in [-0.39, 0.29) is 18.1 Å². The van der Waals surface area contributed by atoms with Crippen LogP contribution in [-0.2, 0) is 16.8 Å². The summed E-state index contributed by atoms with van der Waals surface area (Å²) in [5.74, 6) is 1.40. The van der Waals surface area contributed by atoms with Gasteiger partial charge in [0.25, 0.3) is 0 Å². The first kappa shape index (κ1) is 19.2. The predicted molar refractivity (Wildman–Crippen MR) is 103 cm³/mol. The zero-order valence-corrected chi connectivity index (χ0v) is 16.9. The molecule has 0 aliphatic carbocycles. The number of nitrogens with zero attached hydrogens (tertiary/aromatic N) is 3. The van der Waals surface area contributed by atoms with Crippen LogP contribution in [0.1, 0.15) is 43.8 Å². The van der Waals surface area contributed by atoms with Crippen molar-refractivity contribution in [3.8, 4) is 11.5 Å². The molecule has 1 aliphatic heterocycles. The second kappa shape index (κ2) is 7.23. The quantitative estimate of drug-likeness (QED) is 0.874. The summed E-state index contributed by atoms with van der Waals surface area (Å²) in [4.78, 5) is 16.8. The lowest BCUT2D eigenvalue weighted by Gasteiger charge is -2.28. The van der Waals surface area contributed by atoms with Crippen molar-refractivity contribution >= 4 is 5.91 Å². The summed E-state index contributed by atoms with van der Waals surface area (Å²) >= 11 is 0. The van der Waals surface area contributed by atoms with E-state index in [1.807, 2.05) is 50.3 Å². The van der Waals surface area contributed by atoms with Crippen LogP contribution in [0, 0.1) is 0 Å². The fourth-order valence-electron chi connectivity index (χ4n) is 3.11. The van der Waals surface area contributed by atoms with Gasteiger partial charge in [-0.3, -0.25) is 14.8 Å². The molecule has 0 radical (unpaired) electrons. The van der Waals surface area contributed by atoms with Crippen LogP contribution in [0.3, 0.4) is 0 Å². The van der Waals surface area contributed by atoms with Gasteiger partial charge >= 0.3 is 0 Å². The third-order valence-electron chi connectivity index (χ3n) is 4.65. The number of amides is 1. The molecule has 0 fully saturated rings. The molecule has 27 heavy (non-hydrogen) atoms. The fraction of sp³-hybridized carbons (Fsp3) is 0.500. The lowest BCUT2D eigenvalue weighted by Crippen LogP contribution is -2.38. The molecule has 7 heteroatoms. The lowest BCUT2D eigenvalue weighted by molar-refractivity contribution is -0.135. The lowest BCUT2D eigenvalue weighted by atomic mass is 9.92. The van der Waals surface area contributed by atoms with Gasteiger partial charge in [-0.1, -0.05) is 26.8 Å². The molecule has 0 spiro atoms. The van der Waals surface area contributed by atoms with Crippen LogP contribution < -0.4 is 9.47 Å². The van der Waals surface area contributed by atoms with E-state index in [4.69, 9.17) is 9.47 Å². The van der Waals surface area contributed by atoms with Gasteiger partial charge in [-0.2, -0.15) is 5.10 Å². The van der Waals surface area contributed by atoms with E-state index in [0.29, 0.717) is 18.0 Å². The number of ether oxygens (including phenoxy) is 2. The van der Waals surface area contributed by atoms with Crippen LogP contribution in [0.25, 0.3) is 0 Å². The van der Waals surface area contributed by atoms with E-state index in [1.54, 1.807) is 4.90 Å². The normalized spacial score (nSPS) is 14.5. The fourth-order valence-corrected chi connectivity index (χ4v) is 3.11. The van der Waals surface area contributed by atoms with E-state index in [1.165, 1.54) is 0 Å². The number of benzene rings is 1. The zero-order valence-electron chi connectivity index (χ0n) is 16.9. The van der Waals surface area contributed by atoms with Crippen molar-refractivity contribution in [2.45, 2.75) is 38.8 Å². The van der Waals surface area contributed by atoms with Crippen molar-refractivity contribution < 1.29 is 14.3 Å². The predicted octanol–water partition coefficient (Wildman–Crippen LogP) is 2.70. The minimum absolute atomic E-state index is 0.00535. The van der Waals surface area contributed by atoms with Crippen LogP contribution in [0.5, 0.6) is 11.5 Å². The number of aromatic nitrogens is 2. The van der Waals surface area contributed by atoms with Gasteiger partial charge in [0.05, 0.1) is 17.9 Å². The Morgan fingerprint density at radius 3 is 2.52 bits per heavy atom. The number of carbonyl (C=O) groups is 1. The van der Waals surface area contributed by atoms with E-state index < -0.39 is 6.04 Å². The molecular formula is C20H28N4O3. The number of fused-ring (bicyclic) bond motifs is 1. The molecule has 0 bridgehead atoms. The molecule has 1 atom stereocenters. The van der Waals surface area contributed by atoms with Crippen LogP contribution in [0.2, 0.25) is 0 Å². The molecule has 1 aromatic heterocycles. The van der Waals surface area contributed by atoms with Gasteiger partial charge in [0, 0.05) is 12.5 Å². The van der Waals surface area contributed by atoms with E-state index in [9.17, 15) is 4.79 Å². The highest BCUT2D eigenvalue weighted by atomic mass is 16.7. The van der Waals surface area contributed by atoms with Crippen LogP contribution in [0.4, 0.5) is 0 Å². The highest BCUT2D eigenvalue weighted by molar-refractivity contribution is 5.83. The average molecular weight is 372 g/mol. The molecule has 2 aromatic rings. The van der Waals surface area contributed by atoms with Crippen molar-refractivity contribution in [1.29, 1.82) is 0 Å². The SMILES string of the molecule is CN(Cc1cc(C(C)(C)C)n[nH]1)C(=O)[C@H](c1ccc2c(c1)OCO2)N(C)C. The maximum absolute atomic E-state index is 13.2. The third kappa shape index (κ3) is 4.08. The maximum Gasteiger partial charge on any atom is 0.244 e. The van der Waals surface area contributed by atoms with Crippen molar-refractivity contribution in [2.75, 3.05) is 27.9 Å². The monoisotopic (exact) mass is 372 g/mol. The van der Waals surface area contributed by atoms with Gasteiger partial charge in [0.1, 0.15) is 6.04 Å². The molecule has 3 rings (SSSR count). The Morgan fingerprint density at radius 1 is 1.19 bits per heavy atom. The van der Waals surface area contributed by atoms with Crippen molar-refractivity contribution in [3.05, 3.63) is 41.2 Å². The number of hydrogen-bond acceptors (Lipinski definition) is 5. The summed E-state index contributed by atoms with van der Waals surface area (Å²) < 4.78 is 10.8. The molecule has 0 saturated heterocycles. The van der Waals surface area contributed by atoms with Gasteiger partial charge in [-0.25, -0.2) is 0 Å². The largest absolute Gasteiger partial charge is 0.454 e. The summed E-state index contributed by atoms with van der Waals surface area (Å²) in [5.41, 5.74) is 2.74. The molecule has 146 valence electrons. The molecule has 7 nitrogen and oxygen atoms in total. The summed E-state index contributed by atoms with van der Waals surface area (Å²) in [5, 5.41) is 7.42. The van der Waals surface area contributed by atoms with Crippen LogP contribution >= 0.6 is 0 Å². The summed E-state index contributed by atoms with van der Waals surface area (Å²) in [6.07, 6.45) is 0. The number of aromatic amines is 1. The molecule has 1 amide bonds. The third-order valence-corrected chi connectivity index (χ3v) is 4.65. The Morgan fingerprint density at radius 2 is 1.89 bits per heavy atom. The van der Waals surface area contributed by atoms with Gasteiger partial charge in [-0.05, 0) is 37.9 Å². The highest BCUT2D eigenvalue weighted by Crippen LogP contribution is 2.35. The van der Waals surface area contributed by atoms with Crippen LogP contribution in [0.15, 0.2) is 24.3 Å². The standard InChI is InChI=1S/C20H28N4O3/c1-20(2,3)17-10-14(21-22-17)11-24(6)19(25)18(23(4)5)13-7-8-15-16(9-13)27-12-26-15/h7-10,18H,11-12H2,1-6H3,(H,21,22)/t18-/m0/s1. The van der Waals surface area contributed by atoms with E-state index in [2.05, 4.69) is 31.0 Å². The molecule has 2 heterocycles. The first-order valence-corrected chi connectivity index (χ1v) is 9.02. The molecule has 1 aromatic carbocycles. The van der Waals surface area contributed by atoms with E-state index >= 15 is 0 Å². The Hall–Kier alpha value is -2.54. The Kier molecular flexibility index (Phi) is 5.15. The summed E-state index contributed by atoms with van der Waals surface area (Å²) in [6, 6.07) is 7.26. The minimum atomic E-state index is -0.408. The number of H-pyrrole nitrogens is 1. The number of carbonyl (C=O) groups excluding carboxylic acids is 1. The Labute approximate surface area is 160 Å². The van der Waals surface area contributed by atoms with Crippen LogP contribution in [-0.4, -0.2) is 53.8 Å². The molecule has 0 unspecified atom stereocenters. The first-order chi connectivity index (χ1) is 12.7. The smallest absolute Gasteiger partial charge is 0.244 e. The highest BCUT2D eigenvalue weighted by Gasteiger charge is 2.28. The van der Waals surface area contributed by atoms with Gasteiger partial charge in [0.2, 0.25) is 12.7 Å². The molecule has 1 N–H and O–H groups in total. The number of hydrogen-bond donors (Lipinski definition) is 1. The summed E-state index contributed by atoms with van der Waals surface area (Å²) in [7, 11) is 5.60.